The van der Waals surface area contributed by atoms with E-state index in [0.717, 1.165) is 0 Å². The maximum absolute atomic E-state index is 7.57. The summed E-state index contributed by atoms with van der Waals surface area (Å²) in [5.74, 6) is 0. The van der Waals surface area contributed by atoms with Gasteiger partial charge >= 0.3 is 48.9 Å². The second kappa shape index (κ2) is 15.9. The second-order valence-electron chi connectivity index (χ2n) is 0.316. The molecule has 1 radical (unpaired) electrons. The first-order valence-electron chi connectivity index (χ1n) is 1.02. The Labute approximate surface area is 101 Å². The summed E-state index contributed by atoms with van der Waals surface area (Å²) in [6, 6.07) is 0. The molecule has 0 saturated carbocycles. The fraction of sp³-hybridized carbons (Fsp3) is 1.00. The molecule has 1 N–H and O–H groups in total. The van der Waals surface area contributed by atoms with Crippen LogP contribution in [-0.2, 0) is 32.7 Å². The minimum atomic E-state index is 0. The van der Waals surface area contributed by atoms with Crippen LogP contribution in [0.3, 0.4) is 0 Å². The zero-order chi connectivity index (χ0) is 2.71. The fourth-order valence-corrected chi connectivity index (χ4v) is 0. The molecule has 5 heavy (non-hydrogen) atoms. The van der Waals surface area contributed by atoms with Crippen molar-refractivity contribution in [3.63, 3.8) is 0 Å². The van der Waals surface area contributed by atoms with Crippen LogP contribution in [0.1, 0.15) is 9.78 Å². The predicted octanol–water partition coefficient (Wildman–Crippen LogP) is -0.160. The van der Waals surface area contributed by atoms with Crippen molar-refractivity contribution in [1.29, 1.82) is 0 Å². The number of aliphatic hydroxyl groups is 1. The van der Waals surface area contributed by atoms with E-state index in [9.17, 15) is 0 Å². The zero-order valence-electron chi connectivity index (χ0n) is 5.44. The van der Waals surface area contributed by atoms with E-state index in [0.29, 0.717) is 0 Å². The molecule has 0 saturated heterocycles. The third-order valence-corrected chi connectivity index (χ3v) is 0. The average Bonchev–Trinajstić information content (AvgIpc) is 0.918. The largest absolute Gasteiger partial charge is 2.00 e. The van der Waals surface area contributed by atoms with Crippen LogP contribution in [0.25, 0.3) is 0 Å². The monoisotopic (exact) mass is 275 g/mol. The summed E-state index contributed by atoms with van der Waals surface area (Å²) in [4.78, 5) is 0. The van der Waals surface area contributed by atoms with Gasteiger partial charge in [0.05, 0.1) is 0 Å². The number of aliphatic hydroxyl groups excluding tert-OH is 1. The van der Waals surface area contributed by atoms with Crippen molar-refractivity contribution in [2.24, 2.45) is 0 Å². The van der Waals surface area contributed by atoms with Crippen LogP contribution < -0.4 is 0 Å². The molecule has 0 aliphatic carbocycles. The Hall–Kier alpha value is 2.64. The van der Waals surface area contributed by atoms with Crippen molar-refractivity contribution in [2.75, 3.05) is 6.61 Å². The van der Waals surface area contributed by atoms with Crippen molar-refractivity contribution in [1.82, 2.24) is 0 Å². The first kappa shape index (κ1) is 15.6. The Bertz CT molecular complexity index is 15.7. The molecule has 0 aromatic carbocycles. The van der Waals surface area contributed by atoms with Gasteiger partial charge in [0, 0.05) is 39.3 Å². The van der Waals surface area contributed by atoms with E-state index in [1.165, 1.54) is 0 Å². The summed E-state index contributed by atoms with van der Waals surface area (Å²) in [5.41, 5.74) is 0. The summed E-state index contributed by atoms with van der Waals surface area (Å²) in [6.45, 7) is 1.93. The first-order valence-corrected chi connectivity index (χ1v) is 1.02. The van der Waals surface area contributed by atoms with Gasteiger partial charge in [0.25, 0.3) is 0 Å². The Balaban J connectivity index is -0.00000000333. The number of rotatable bonds is 0. The molecule has 0 bridgehead atoms. The van der Waals surface area contributed by atoms with Gasteiger partial charge in [-0.2, -0.15) is 0 Å². The van der Waals surface area contributed by atoms with Gasteiger partial charge in [-0.05, 0) is 6.92 Å². The molecule has 27 valence electrons. The Morgan fingerprint density at radius 3 is 1.80 bits per heavy atom. The van der Waals surface area contributed by atoms with E-state index in [4.69, 9.17) is 5.11 Å². The van der Waals surface area contributed by atoms with E-state index in [1.807, 2.05) is 0 Å². The minimum absolute atomic E-state index is 0. The molecule has 0 amide bonds. The van der Waals surface area contributed by atoms with Crippen LogP contribution in [0.15, 0.2) is 0 Å². The standard InChI is InChI=1S/C2H6O.Ba.Y.2H/c1-2-3;;;;/h3H,2H2,1H3;;;;/q;+2;;2*-1. The molecule has 0 rings (SSSR count). The fourth-order valence-electron chi connectivity index (χ4n) is 0. The minimum Gasteiger partial charge on any atom is -1.00 e. The summed E-state index contributed by atoms with van der Waals surface area (Å²) in [7, 11) is 0. The zero-order valence-corrected chi connectivity index (χ0v) is 10.7. The van der Waals surface area contributed by atoms with Gasteiger partial charge in [0.1, 0.15) is 0 Å². The molecule has 0 unspecified atom stereocenters. The Kier molecular flexibility index (Phi) is 49.9. The van der Waals surface area contributed by atoms with Gasteiger partial charge in [-0.25, -0.2) is 0 Å². The van der Waals surface area contributed by atoms with Crippen LogP contribution in [0.5, 0.6) is 0 Å². The van der Waals surface area contributed by atoms with Crippen molar-refractivity contribution in [2.45, 2.75) is 6.92 Å². The Morgan fingerprint density at radius 2 is 1.80 bits per heavy atom. The van der Waals surface area contributed by atoms with Gasteiger partial charge in [0.15, 0.2) is 0 Å². The van der Waals surface area contributed by atoms with Gasteiger partial charge in [0.2, 0.25) is 0 Å². The molecule has 0 spiro atoms. The summed E-state index contributed by atoms with van der Waals surface area (Å²) >= 11 is 0. The number of hydrogen-bond donors (Lipinski definition) is 1. The molecule has 0 atom stereocenters. The van der Waals surface area contributed by atoms with E-state index < -0.39 is 0 Å². The van der Waals surface area contributed by atoms with Crippen LogP contribution in [0, 0.1) is 0 Å². The maximum atomic E-state index is 7.57. The molecule has 0 aliphatic heterocycles. The van der Waals surface area contributed by atoms with Crippen LogP contribution >= 0.6 is 0 Å². The van der Waals surface area contributed by atoms with Crippen molar-refractivity contribution in [3.8, 4) is 0 Å². The van der Waals surface area contributed by atoms with Gasteiger partial charge in [-0.15, -0.1) is 0 Å². The topological polar surface area (TPSA) is 20.2 Å². The van der Waals surface area contributed by atoms with E-state index in [1.54, 1.807) is 6.92 Å². The van der Waals surface area contributed by atoms with Crippen LogP contribution in [0.4, 0.5) is 0 Å². The quantitative estimate of drug-likeness (QED) is 0.609. The SMILES string of the molecule is CCO.[Ba+2].[H-].[H-].[Y]. The summed E-state index contributed by atoms with van der Waals surface area (Å²) in [5, 5.41) is 7.57. The molecular formula is C2H8BaOY. The van der Waals surface area contributed by atoms with E-state index >= 15 is 0 Å². The van der Waals surface area contributed by atoms with E-state index in [-0.39, 0.29) is 91.1 Å². The molecule has 0 aromatic heterocycles. The van der Waals surface area contributed by atoms with Gasteiger partial charge in [-0.1, -0.05) is 0 Å². The van der Waals surface area contributed by atoms with Crippen LogP contribution in [0.2, 0.25) is 0 Å². The third kappa shape index (κ3) is 20.5. The van der Waals surface area contributed by atoms with Crippen molar-refractivity contribution < 1.29 is 40.7 Å². The smallest absolute Gasteiger partial charge is 1.00 e. The third-order valence-electron chi connectivity index (χ3n) is 0. The molecular weight excluding hydrogens is 266 g/mol. The van der Waals surface area contributed by atoms with Crippen molar-refractivity contribution >= 4 is 48.9 Å². The number of hydrogen-bond acceptors (Lipinski definition) is 1. The van der Waals surface area contributed by atoms with Gasteiger partial charge < -0.3 is 7.96 Å². The molecule has 0 heterocycles. The average molecular weight is 274 g/mol. The maximum Gasteiger partial charge on any atom is 2.00 e. The second-order valence-corrected chi connectivity index (χ2v) is 0.316. The van der Waals surface area contributed by atoms with Crippen LogP contribution in [-0.4, -0.2) is 60.6 Å². The molecule has 0 aromatic rings. The molecule has 3 heteroatoms. The molecule has 0 fully saturated rings. The van der Waals surface area contributed by atoms with Gasteiger partial charge in [-0.3, -0.25) is 0 Å². The molecule has 1 nitrogen and oxygen atoms in total. The summed E-state index contributed by atoms with van der Waals surface area (Å²) < 4.78 is 0. The Morgan fingerprint density at radius 1 is 1.80 bits per heavy atom. The summed E-state index contributed by atoms with van der Waals surface area (Å²) in [6.07, 6.45) is 0. The normalized spacial score (nSPS) is 3.60. The van der Waals surface area contributed by atoms with E-state index in [2.05, 4.69) is 0 Å². The van der Waals surface area contributed by atoms with Crippen molar-refractivity contribution in [3.05, 3.63) is 0 Å². The first-order chi connectivity index (χ1) is 1.41. The molecule has 0 aliphatic rings. The predicted molar refractivity (Wildman–Crippen MR) is 20.7 cm³/mol.